The molecule has 0 amide bonds. The first-order chi connectivity index (χ1) is 29.0. The number of hydrogen-bond donors (Lipinski definition) is 0. The minimum absolute atomic E-state index is 0.128. The Morgan fingerprint density at radius 3 is 1.58 bits per heavy atom. The molecule has 0 N–H and O–H groups in total. The van der Waals surface area contributed by atoms with E-state index in [-0.39, 0.29) is 11.3 Å². The summed E-state index contributed by atoms with van der Waals surface area (Å²) >= 11 is 0. The van der Waals surface area contributed by atoms with Crippen molar-refractivity contribution in [3.05, 3.63) is 263 Å². The fraction of sp³-hybridized carbons (Fsp3) is 0.103. The van der Waals surface area contributed by atoms with Crippen LogP contribution in [0.4, 0.5) is 11.4 Å². The molecule has 0 aliphatic heterocycles. The van der Waals surface area contributed by atoms with Gasteiger partial charge < -0.3 is 4.90 Å². The summed E-state index contributed by atoms with van der Waals surface area (Å²) in [4.78, 5) is 2.57. The molecular formula is C58H45N. The molecule has 0 saturated heterocycles. The highest BCUT2D eigenvalue weighted by Crippen LogP contribution is 2.58. The van der Waals surface area contributed by atoms with Gasteiger partial charge in [-0.25, -0.2) is 0 Å². The van der Waals surface area contributed by atoms with Crippen molar-refractivity contribution in [3.63, 3.8) is 0 Å². The lowest BCUT2D eigenvalue weighted by molar-refractivity contribution is 0.660. The number of fused-ring (bicyclic) bond motifs is 6. The van der Waals surface area contributed by atoms with Gasteiger partial charge in [-0.2, -0.15) is 0 Å². The average Bonchev–Trinajstić information content (AvgIpc) is 3.73. The summed E-state index contributed by atoms with van der Waals surface area (Å²) in [5.41, 5.74) is 20.0. The van der Waals surface area contributed by atoms with E-state index in [1.807, 2.05) is 0 Å². The van der Waals surface area contributed by atoms with Crippen molar-refractivity contribution in [3.8, 4) is 33.4 Å². The number of benzene rings is 8. The Labute approximate surface area is 348 Å². The van der Waals surface area contributed by atoms with Crippen LogP contribution in [0.5, 0.6) is 0 Å². The van der Waals surface area contributed by atoms with Crippen LogP contribution in [0.1, 0.15) is 65.1 Å². The van der Waals surface area contributed by atoms with E-state index in [4.69, 9.17) is 0 Å². The Morgan fingerprint density at radius 2 is 0.932 bits per heavy atom. The summed E-state index contributed by atoms with van der Waals surface area (Å²) in [6.45, 7) is 4.76. The Bertz CT molecular complexity index is 2880. The van der Waals surface area contributed by atoms with Crippen LogP contribution in [0.2, 0.25) is 0 Å². The van der Waals surface area contributed by atoms with Crippen LogP contribution < -0.4 is 4.90 Å². The van der Waals surface area contributed by atoms with E-state index in [0.29, 0.717) is 0 Å². The van der Waals surface area contributed by atoms with Crippen LogP contribution in [0.25, 0.3) is 33.4 Å². The molecule has 282 valence electrons. The third-order valence-electron chi connectivity index (χ3n) is 13.3. The first kappa shape index (κ1) is 35.2. The third-order valence-corrected chi connectivity index (χ3v) is 13.3. The van der Waals surface area contributed by atoms with E-state index in [1.54, 1.807) is 0 Å². The van der Waals surface area contributed by atoms with Crippen molar-refractivity contribution >= 4 is 11.4 Å². The maximum absolute atomic E-state index is 2.57. The molecule has 0 heterocycles. The molecule has 1 atom stereocenters. The van der Waals surface area contributed by atoms with Gasteiger partial charge in [0.25, 0.3) is 0 Å². The van der Waals surface area contributed by atoms with Crippen LogP contribution in [0, 0.1) is 0 Å². The Kier molecular flexibility index (Phi) is 8.27. The van der Waals surface area contributed by atoms with Crippen LogP contribution in [-0.4, -0.2) is 0 Å². The smallest absolute Gasteiger partial charge is 0.0714 e. The van der Waals surface area contributed by atoms with Gasteiger partial charge in [0.2, 0.25) is 0 Å². The van der Waals surface area contributed by atoms with E-state index in [1.165, 1.54) is 83.7 Å². The van der Waals surface area contributed by atoms with Crippen LogP contribution >= 0.6 is 0 Å². The minimum atomic E-state index is -0.495. The third kappa shape index (κ3) is 5.45. The van der Waals surface area contributed by atoms with Gasteiger partial charge >= 0.3 is 0 Å². The molecule has 11 rings (SSSR count). The van der Waals surface area contributed by atoms with Crippen molar-refractivity contribution in [2.24, 2.45) is 0 Å². The van der Waals surface area contributed by atoms with Gasteiger partial charge in [0.15, 0.2) is 0 Å². The largest absolute Gasteiger partial charge is 0.314 e. The maximum atomic E-state index is 2.57. The topological polar surface area (TPSA) is 3.24 Å². The molecule has 1 unspecified atom stereocenters. The Balaban J connectivity index is 1.13. The lowest BCUT2D eigenvalue weighted by Gasteiger charge is -2.37. The zero-order valence-electron chi connectivity index (χ0n) is 33.5. The number of nitrogens with zero attached hydrogens (tertiary/aromatic N) is 1. The minimum Gasteiger partial charge on any atom is -0.314 e. The summed E-state index contributed by atoms with van der Waals surface area (Å²) in [7, 11) is 0. The summed E-state index contributed by atoms with van der Waals surface area (Å²) < 4.78 is 0. The zero-order chi connectivity index (χ0) is 39.6. The first-order valence-electron chi connectivity index (χ1n) is 21.0. The van der Waals surface area contributed by atoms with Gasteiger partial charge in [0.1, 0.15) is 0 Å². The molecule has 3 aliphatic carbocycles. The molecule has 0 radical (unpaired) electrons. The van der Waals surface area contributed by atoms with Gasteiger partial charge in [-0.3, -0.25) is 0 Å². The number of rotatable bonds is 7. The predicted octanol–water partition coefficient (Wildman–Crippen LogP) is 14.8. The zero-order valence-corrected chi connectivity index (χ0v) is 33.5. The van der Waals surface area contributed by atoms with Gasteiger partial charge in [-0.15, -0.1) is 0 Å². The highest BCUT2D eigenvalue weighted by molar-refractivity contribution is 5.90. The number of allylic oxidation sites excluding steroid dienone is 4. The van der Waals surface area contributed by atoms with E-state index in [0.717, 1.165) is 12.1 Å². The second-order valence-corrected chi connectivity index (χ2v) is 16.8. The van der Waals surface area contributed by atoms with Gasteiger partial charge in [-0.05, 0) is 109 Å². The molecule has 8 aromatic rings. The summed E-state index contributed by atoms with van der Waals surface area (Å²) in [5.74, 6) is 0.154. The van der Waals surface area contributed by atoms with Gasteiger partial charge in [-0.1, -0.05) is 202 Å². The molecule has 1 heteroatoms. The van der Waals surface area contributed by atoms with Gasteiger partial charge in [0, 0.05) is 28.4 Å². The molecule has 8 aromatic carbocycles. The van der Waals surface area contributed by atoms with Crippen molar-refractivity contribution in [1.29, 1.82) is 0 Å². The van der Waals surface area contributed by atoms with Crippen molar-refractivity contribution in [1.82, 2.24) is 0 Å². The summed E-state index contributed by atoms with van der Waals surface area (Å²) in [6, 6.07) is 74.7. The first-order valence-corrected chi connectivity index (χ1v) is 21.0. The van der Waals surface area contributed by atoms with E-state index < -0.39 is 5.41 Å². The highest BCUT2D eigenvalue weighted by atomic mass is 15.2. The van der Waals surface area contributed by atoms with Gasteiger partial charge in [0.05, 0.1) is 5.41 Å². The monoisotopic (exact) mass is 755 g/mol. The lowest BCUT2D eigenvalue weighted by atomic mass is 9.67. The standard InChI is InChI=1S/C58H45N/c1-57(2)52-27-15-12-25-48(52)50-36-34-45(38-54(50)57)59(56-29-17-14-24-47(56)42-32-30-41(31-33-42)40-18-6-3-7-19-40)46-35-37-51-49-26-13-16-28-53(49)58(55(51)39-46,43-20-8-4-9-21-43)44-22-10-5-11-23-44/h3-23,25-39,47H,24H2,1-2H3. The van der Waals surface area contributed by atoms with Crippen molar-refractivity contribution < 1.29 is 0 Å². The van der Waals surface area contributed by atoms with Crippen molar-refractivity contribution in [2.45, 2.75) is 37.0 Å². The lowest BCUT2D eigenvalue weighted by Crippen LogP contribution is -2.29. The van der Waals surface area contributed by atoms with E-state index in [2.05, 4.69) is 237 Å². The molecule has 1 nitrogen and oxygen atoms in total. The molecule has 0 bridgehead atoms. The second-order valence-electron chi connectivity index (χ2n) is 16.8. The SMILES string of the molecule is CC1(C)c2ccccc2-c2ccc(N(C3=CC=CCC3c3ccc(-c4ccccc4)cc3)c3ccc4c(c3)C(c3ccccc3)(c3ccccc3)c3ccccc3-4)cc21. The average molecular weight is 756 g/mol. The van der Waals surface area contributed by atoms with Crippen LogP contribution in [0.3, 0.4) is 0 Å². The maximum Gasteiger partial charge on any atom is 0.0714 e. The van der Waals surface area contributed by atoms with Crippen LogP contribution in [0.15, 0.2) is 224 Å². The second kappa shape index (κ2) is 13.9. The molecule has 0 spiro atoms. The van der Waals surface area contributed by atoms with E-state index >= 15 is 0 Å². The Hall–Kier alpha value is -6.96. The number of anilines is 2. The Morgan fingerprint density at radius 1 is 0.441 bits per heavy atom. The molecule has 3 aliphatic rings. The summed E-state index contributed by atoms with van der Waals surface area (Å²) in [6.07, 6.45) is 7.86. The molecule has 0 fully saturated rings. The van der Waals surface area contributed by atoms with E-state index in [9.17, 15) is 0 Å². The molecule has 59 heavy (non-hydrogen) atoms. The normalized spacial score (nSPS) is 16.4. The molecular weight excluding hydrogens is 711 g/mol. The predicted molar refractivity (Wildman–Crippen MR) is 246 cm³/mol. The quantitative estimate of drug-likeness (QED) is 0.157. The molecule has 0 saturated carbocycles. The fourth-order valence-corrected chi connectivity index (χ4v) is 10.5. The van der Waals surface area contributed by atoms with Crippen LogP contribution in [-0.2, 0) is 10.8 Å². The fourth-order valence-electron chi connectivity index (χ4n) is 10.5. The number of hydrogen-bond acceptors (Lipinski definition) is 1. The molecule has 0 aromatic heterocycles. The van der Waals surface area contributed by atoms with Crippen molar-refractivity contribution in [2.75, 3.05) is 4.90 Å². The highest BCUT2D eigenvalue weighted by Gasteiger charge is 2.46. The summed E-state index contributed by atoms with van der Waals surface area (Å²) in [5, 5.41) is 0.